The first kappa shape index (κ1) is 14.6. The molecule has 100 valence electrons. The smallest absolute Gasteiger partial charge is 0.305 e. The van der Waals surface area contributed by atoms with Gasteiger partial charge >= 0.3 is 5.97 Å². The summed E-state index contributed by atoms with van der Waals surface area (Å²) in [4.78, 5) is 10.9. The minimum Gasteiger partial charge on any atom is -0.494 e. The van der Waals surface area contributed by atoms with Crippen molar-refractivity contribution < 1.29 is 14.3 Å². The van der Waals surface area contributed by atoms with Crippen LogP contribution in [-0.4, -0.2) is 19.7 Å². The van der Waals surface area contributed by atoms with Gasteiger partial charge in [-0.2, -0.15) is 0 Å². The summed E-state index contributed by atoms with van der Waals surface area (Å²) < 4.78 is 10.1. The van der Waals surface area contributed by atoms with Crippen molar-refractivity contribution in [3.05, 3.63) is 29.8 Å². The van der Waals surface area contributed by atoms with E-state index in [1.54, 1.807) is 0 Å². The molecule has 3 nitrogen and oxygen atoms in total. The van der Waals surface area contributed by atoms with Crippen LogP contribution in [0.1, 0.15) is 38.2 Å². The fourth-order valence-corrected chi connectivity index (χ4v) is 1.64. The Bertz CT molecular complexity index is 343. The molecule has 0 saturated carbocycles. The Morgan fingerprint density at radius 2 is 1.89 bits per heavy atom. The molecule has 0 aliphatic heterocycles. The highest BCUT2D eigenvalue weighted by Gasteiger charge is 2.00. The average Bonchev–Trinajstić information content (AvgIpc) is 2.42. The number of ether oxygens (including phenoxy) is 2. The molecule has 3 heteroatoms. The molecule has 0 heterocycles. The summed E-state index contributed by atoms with van der Waals surface area (Å²) in [5, 5.41) is 0. The molecule has 0 saturated heterocycles. The number of carbonyl (C=O) groups is 1. The number of hydrogen-bond donors (Lipinski definition) is 0. The number of aryl methyl sites for hydroxylation is 1. The lowest BCUT2D eigenvalue weighted by Crippen LogP contribution is -2.04. The third-order valence-corrected chi connectivity index (χ3v) is 2.76. The summed E-state index contributed by atoms with van der Waals surface area (Å²) in [5.74, 6) is 0.675. The van der Waals surface area contributed by atoms with E-state index in [1.807, 2.05) is 12.1 Å². The molecule has 0 bridgehead atoms. The SMILES string of the molecule is CCCCc1ccc(OCCCC(=O)OC)cc1. The van der Waals surface area contributed by atoms with Crippen LogP contribution in [0.2, 0.25) is 0 Å². The predicted octanol–water partition coefficient (Wildman–Crippen LogP) is 3.36. The lowest BCUT2D eigenvalue weighted by Gasteiger charge is -2.06. The second-order valence-electron chi connectivity index (χ2n) is 4.28. The Morgan fingerprint density at radius 3 is 2.50 bits per heavy atom. The minimum absolute atomic E-state index is 0.187. The Hall–Kier alpha value is -1.51. The summed E-state index contributed by atoms with van der Waals surface area (Å²) in [7, 11) is 1.40. The van der Waals surface area contributed by atoms with Crippen LogP contribution in [-0.2, 0) is 16.0 Å². The maximum absolute atomic E-state index is 10.9. The monoisotopic (exact) mass is 250 g/mol. The van der Waals surface area contributed by atoms with Crippen molar-refractivity contribution >= 4 is 5.97 Å². The third kappa shape index (κ3) is 5.71. The Labute approximate surface area is 109 Å². The van der Waals surface area contributed by atoms with Gasteiger partial charge in [0.15, 0.2) is 0 Å². The predicted molar refractivity (Wildman–Crippen MR) is 71.8 cm³/mol. The largest absolute Gasteiger partial charge is 0.494 e. The molecule has 18 heavy (non-hydrogen) atoms. The highest BCUT2D eigenvalue weighted by Crippen LogP contribution is 2.14. The summed E-state index contributed by atoms with van der Waals surface area (Å²) in [6.45, 7) is 2.74. The zero-order chi connectivity index (χ0) is 13.2. The van der Waals surface area contributed by atoms with Crippen LogP contribution in [0, 0.1) is 0 Å². The first-order chi connectivity index (χ1) is 8.76. The van der Waals surface area contributed by atoms with Crippen molar-refractivity contribution in [3.63, 3.8) is 0 Å². The van der Waals surface area contributed by atoms with Gasteiger partial charge < -0.3 is 9.47 Å². The summed E-state index contributed by atoms with van der Waals surface area (Å²) >= 11 is 0. The highest BCUT2D eigenvalue weighted by atomic mass is 16.5. The van der Waals surface area contributed by atoms with Crippen molar-refractivity contribution in [3.8, 4) is 5.75 Å². The molecule has 0 spiro atoms. The molecule has 0 fully saturated rings. The van der Waals surface area contributed by atoms with Crippen LogP contribution >= 0.6 is 0 Å². The quantitative estimate of drug-likeness (QED) is 0.524. The average molecular weight is 250 g/mol. The number of carbonyl (C=O) groups excluding carboxylic acids is 1. The Kier molecular flexibility index (Phi) is 6.92. The van der Waals surface area contributed by atoms with E-state index in [9.17, 15) is 4.79 Å². The van der Waals surface area contributed by atoms with E-state index in [-0.39, 0.29) is 5.97 Å². The van der Waals surface area contributed by atoms with Gasteiger partial charge in [-0.05, 0) is 37.0 Å². The van der Waals surface area contributed by atoms with Crippen molar-refractivity contribution in [1.29, 1.82) is 0 Å². The summed E-state index contributed by atoms with van der Waals surface area (Å²) in [5.41, 5.74) is 1.35. The van der Waals surface area contributed by atoms with Crippen LogP contribution in [0.15, 0.2) is 24.3 Å². The van der Waals surface area contributed by atoms with Gasteiger partial charge in [0, 0.05) is 6.42 Å². The normalized spacial score (nSPS) is 10.1. The number of hydrogen-bond acceptors (Lipinski definition) is 3. The summed E-state index contributed by atoms with van der Waals surface area (Å²) in [6.07, 6.45) is 4.65. The van der Waals surface area contributed by atoms with Gasteiger partial charge in [0.2, 0.25) is 0 Å². The molecule has 1 aromatic carbocycles. The van der Waals surface area contributed by atoms with E-state index in [4.69, 9.17) is 4.74 Å². The van der Waals surface area contributed by atoms with Crippen LogP contribution in [0.3, 0.4) is 0 Å². The Balaban J connectivity index is 2.24. The molecule has 0 atom stereocenters. The molecule has 0 N–H and O–H groups in total. The molecular formula is C15H22O3. The second kappa shape index (κ2) is 8.56. The van der Waals surface area contributed by atoms with Gasteiger partial charge in [0.1, 0.15) is 5.75 Å². The number of unbranched alkanes of at least 4 members (excludes halogenated alkanes) is 1. The van der Waals surface area contributed by atoms with E-state index < -0.39 is 0 Å². The molecule has 0 aromatic heterocycles. The first-order valence-electron chi connectivity index (χ1n) is 6.54. The van der Waals surface area contributed by atoms with Crippen LogP contribution in [0.5, 0.6) is 5.75 Å². The topological polar surface area (TPSA) is 35.5 Å². The van der Waals surface area contributed by atoms with Crippen LogP contribution in [0.25, 0.3) is 0 Å². The zero-order valence-electron chi connectivity index (χ0n) is 11.3. The molecule has 0 radical (unpaired) electrons. The second-order valence-corrected chi connectivity index (χ2v) is 4.28. The minimum atomic E-state index is -0.187. The molecule has 0 amide bonds. The van der Waals surface area contributed by atoms with Gasteiger partial charge in [-0.3, -0.25) is 4.79 Å². The molecular weight excluding hydrogens is 228 g/mol. The van der Waals surface area contributed by atoms with Crippen molar-refractivity contribution in [2.45, 2.75) is 39.0 Å². The highest BCUT2D eigenvalue weighted by molar-refractivity contribution is 5.69. The maximum Gasteiger partial charge on any atom is 0.305 e. The summed E-state index contributed by atoms with van der Waals surface area (Å²) in [6, 6.07) is 8.18. The lowest BCUT2D eigenvalue weighted by molar-refractivity contribution is -0.140. The van der Waals surface area contributed by atoms with E-state index in [0.717, 1.165) is 12.2 Å². The van der Waals surface area contributed by atoms with Crippen molar-refractivity contribution in [1.82, 2.24) is 0 Å². The molecule has 0 aliphatic carbocycles. The molecule has 0 aliphatic rings. The fraction of sp³-hybridized carbons (Fsp3) is 0.533. The molecule has 1 rings (SSSR count). The third-order valence-electron chi connectivity index (χ3n) is 2.76. The first-order valence-corrected chi connectivity index (χ1v) is 6.54. The standard InChI is InChI=1S/C15H22O3/c1-3-4-6-13-8-10-14(11-9-13)18-12-5-7-15(16)17-2/h8-11H,3-7,12H2,1-2H3. The van der Waals surface area contributed by atoms with Crippen molar-refractivity contribution in [2.75, 3.05) is 13.7 Å². The van der Waals surface area contributed by atoms with Crippen LogP contribution < -0.4 is 4.74 Å². The fourth-order valence-electron chi connectivity index (χ4n) is 1.64. The lowest BCUT2D eigenvalue weighted by atomic mass is 10.1. The van der Waals surface area contributed by atoms with Gasteiger partial charge in [-0.25, -0.2) is 0 Å². The number of rotatable bonds is 8. The van der Waals surface area contributed by atoms with E-state index in [2.05, 4.69) is 23.8 Å². The van der Waals surface area contributed by atoms with E-state index in [0.29, 0.717) is 19.4 Å². The van der Waals surface area contributed by atoms with Crippen molar-refractivity contribution in [2.24, 2.45) is 0 Å². The van der Waals surface area contributed by atoms with Gasteiger partial charge in [0.05, 0.1) is 13.7 Å². The number of esters is 1. The van der Waals surface area contributed by atoms with E-state index in [1.165, 1.54) is 25.5 Å². The van der Waals surface area contributed by atoms with Gasteiger partial charge in [-0.15, -0.1) is 0 Å². The number of methoxy groups -OCH3 is 1. The van der Waals surface area contributed by atoms with Crippen LogP contribution in [0.4, 0.5) is 0 Å². The Morgan fingerprint density at radius 1 is 1.17 bits per heavy atom. The molecule has 1 aromatic rings. The number of benzene rings is 1. The van der Waals surface area contributed by atoms with E-state index >= 15 is 0 Å². The van der Waals surface area contributed by atoms with Gasteiger partial charge in [-0.1, -0.05) is 25.5 Å². The molecule has 0 unspecified atom stereocenters. The van der Waals surface area contributed by atoms with Gasteiger partial charge in [0.25, 0.3) is 0 Å². The zero-order valence-corrected chi connectivity index (χ0v) is 11.3. The maximum atomic E-state index is 10.9.